The Balaban J connectivity index is 2.26. The number of aliphatic hydroxyl groups is 1. The maximum atomic E-state index is 10.4. The van der Waals surface area contributed by atoms with Crippen molar-refractivity contribution in [2.75, 3.05) is 6.61 Å². The third kappa shape index (κ3) is 2.22. The number of hydrogen-bond acceptors (Lipinski definition) is 2. The molecular formula is C14H20O2. The lowest BCUT2D eigenvalue weighted by Gasteiger charge is -2.26. The monoisotopic (exact) mass is 220 g/mol. The summed E-state index contributed by atoms with van der Waals surface area (Å²) in [5.74, 6) is 1.46. The van der Waals surface area contributed by atoms with Crippen LogP contribution in [0.4, 0.5) is 0 Å². The van der Waals surface area contributed by atoms with Gasteiger partial charge >= 0.3 is 0 Å². The third-order valence-electron chi connectivity index (χ3n) is 3.12. The molecule has 1 unspecified atom stereocenters. The first-order valence-electron chi connectivity index (χ1n) is 5.97. The second-order valence-corrected chi connectivity index (χ2v) is 5.29. The lowest BCUT2D eigenvalue weighted by molar-refractivity contribution is 0.0348. The molecule has 1 N–H and O–H groups in total. The summed E-state index contributed by atoms with van der Waals surface area (Å²) >= 11 is 0. The maximum absolute atomic E-state index is 10.4. The summed E-state index contributed by atoms with van der Waals surface area (Å²) in [5, 5.41) is 10.4. The van der Waals surface area contributed by atoms with Crippen molar-refractivity contribution < 1.29 is 9.84 Å². The van der Waals surface area contributed by atoms with Crippen LogP contribution in [0.15, 0.2) is 18.2 Å². The molecule has 2 heteroatoms. The number of hydrogen-bond donors (Lipinski definition) is 1. The summed E-state index contributed by atoms with van der Waals surface area (Å²) in [4.78, 5) is 0. The summed E-state index contributed by atoms with van der Waals surface area (Å²) in [6.45, 7) is 6.92. The van der Waals surface area contributed by atoms with Crippen LogP contribution in [0.2, 0.25) is 0 Å². The Bertz CT molecular complexity index is 380. The minimum atomic E-state index is -0.730. The molecule has 0 saturated heterocycles. The van der Waals surface area contributed by atoms with Crippen LogP contribution >= 0.6 is 0 Å². The lowest BCUT2D eigenvalue weighted by Crippen LogP contribution is -2.23. The molecule has 0 saturated carbocycles. The third-order valence-corrected chi connectivity index (χ3v) is 3.12. The molecule has 0 fully saturated rings. The normalized spacial score (nSPS) is 18.1. The van der Waals surface area contributed by atoms with Crippen LogP contribution in [-0.2, 0) is 12.0 Å². The fourth-order valence-electron chi connectivity index (χ4n) is 2.43. The predicted octanol–water partition coefficient (Wildman–Crippen LogP) is 2.88. The van der Waals surface area contributed by atoms with Crippen LogP contribution in [0.25, 0.3) is 0 Å². The highest BCUT2D eigenvalue weighted by Crippen LogP contribution is 2.33. The van der Waals surface area contributed by atoms with Crippen molar-refractivity contribution in [3.05, 3.63) is 29.3 Å². The molecule has 0 radical (unpaired) electrons. The van der Waals surface area contributed by atoms with Gasteiger partial charge in [0.2, 0.25) is 0 Å². The van der Waals surface area contributed by atoms with Crippen LogP contribution in [0.5, 0.6) is 5.75 Å². The van der Waals surface area contributed by atoms with E-state index >= 15 is 0 Å². The molecule has 1 aliphatic rings. The number of ether oxygens (including phenoxy) is 1. The second kappa shape index (κ2) is 4.10. The maximum Gasteiger partial charge on any atom is 0.122 e. The van der Waals surface area contributed by atoms with E-state index in [1.807, 2.05) is 19.1 Å². The molecular weight excluding hydrogens is 200 g/mol. The highest BCUT2D eigenvalue weighted by molar-refractivity contribution is 5.41. The number of benzene rings is 1. The SMILES string of the molecule is CC(C)CC(C)(O)c1ccc2c(c1)CCO2. The van der Waals surface area contributed by atoms with Crippen molar-refractivity contribution in [3.63, 3.8) is 0 Å². The van der Waals surface area contributed by atoms with Crippen molar-refractivity contribution in [2.24, 2.45) is 5.92 Å². The van der Waals surface area contributed by atoms with Gasteiger partial charge in [-0.3, -0.25) is 0 Å². The fraction of sp³-hybridized carbons (Fsp3) is 0.571. The van der Waals surface area contributed by atoms with E-state index in [4.69, 9.17) is 4.74 Å². The largest absolute Gasteiger partial charge is 0.493 e. The molecule has 1 aliphatic heterocycles. The quantitative estimate of drug-likeness (QED) is 0.848. The van der Waals surface area contributed by atoms with Crippen molar-refractivity contribution in [1.29, 1.82) is 0 Å². The van der Waals surface area contributed by atoms with E-state index < -0.39 is 5.60 Å². The van der Waals surface area contributed by atoms with E-state index in [1.54, 1.807) is 0 Å². The minimum absolute atomic E-state index is 0.486. The standard InChI is InChI=1S/C14H20O2/c1-10(2)9-14(3,15)12-4-5-13-11(8-12)6-7-16-13/h4-5,8,10,15H,6-7,9H2,1-3H3. The van der Waals surface area contributed by atoms with Crippen molar-refractivity contribution >= 4 is 0 Å². The van der Waals surface area contributed by atoms with Crippen LogP contribution in [0.3, 0.4) is 0 Å². The lowest BCUT2D eigenvalue weighted by atomic mass is 9.86. The van der Waals surface area contributed by atoms with E-state index in [0.717, 1.165) is 30.8 Å². The Morgan fingerprint density at radius 1 is 1.44 bits per heavy atom. The van der Waals surface area contributed by atoms with Gasteiger partial charge in [0.1, 0.15) is 5.75 Å². The summed E-state index contributed by atoms with van der Waals surface area (Å²) in [6, 6.07) is 6.05. The Kier molecular flexibility index (Phi) is 2.94. The van der Waals surface area contributed by atoms with Gasteiger partial charge in [0.25, 0.3) is 0 Å². The van der Waals surface area contributed by atoms with Gasteiger partial charge in [0.05, 0.1) is 12.2 Å². The molecule has 0 spiro atoms. The van der Waals surface area contributed by atoms with E-state index in [1.165, 1.54) is 5.56 Å². The van der Waals surface area contributed by atoms with Gasteiger partial charge in [-0.2, -0.15) is 0 Å². The Hall–Kier alpha value is -1.02. The molecule has 1 heterocycles. The molecule has 0 bridgehead atoms. The van der Waals surface area contributed by atoms with Crippen LogP contribution < -0.4 is 4.74 Å². The molecule has 2 nitrogen and oxygen atoms in total. The van der Waals surface area contributed by atoms with Gasteiger partial charge in [-0.15, -0.1) is 0 Å². The average molecular weight is 220 g/mol. The summed E-state index contributed by atoms with van der Waals surface area (Å²) in [6.07, 6.45) is 1.74. The molecule has 1 atom stereocenters. The van der Waals surface area contributed by atoms with E-state index in [0.29, 0.717) is 5.92 Å². The number of rotatable bonds is 3. The van der Waals surface area contributed by atoms with Gasteiger partial charge in [-0.25, -0.2) is 0 Å². The van der Waals surface area contributed by atoms with Crippen LogP contribution in [-0.4, -0.2) is 11.7 Å². The van der Waals surface area contributed by atoms with Gasteiger partial charge in [-0.1, -0.05) is 19.9 Å². The fourth-order valence-corrected chi connectivity index (χ4v) is 2.43. The first kappa shape index (κ1) is 11.5. The molecule has 1 aromatic carbocycles. The predicted molar refractivity (Wildman–Crippen MR) is 64.7 cm³/mol. The van der Waals surface area contributed by atoms with Crippen LogP contribution in [0.1, 0.15) is 38.3 Å². The molecule has 88 valence electrons. The zero-order chi connectivity index (χ0) is 11.8. The Morgan fingerprint density at radius 3 is 2.88 bits per heavy atom. The summed E-state index contributed by atoms with van der Waals surface area (Å²) < 4.78 is 5.47. The van der Waals surface area contributed by atoms with Crippen molar-refractivity contribution in [3.8, 4) is 5.75 Å². The number of fused-ring (bicyclic) bond motifs is 1. The van der Waals surface area contributed by atoms with Gasteiger partial charge in [0.15, 0.2) is 0 Å². The van der Waals surface area contributed by atoms with Gasteiger partial charge in [-0.05, 0) is 42.5 Å². The van der Waals surface area contributed by atoms with Gasteiger partial charge in [0, 0.05) is 6.42 Å². The average Bonchev–Trinajstić information content (AvgIpc) is 2.61. The minimum Gasteiger partial charge on any atom is -0.493 e. The van der Waals surface area contributed by atoms with E-state index in [-0.39, 0.29) is 0 Å². The zero-order valence-corrected chi connectivity index (χ0v) is 10.3. The highest BCUT2D eigenvalue weighted by atomic mass is 16.5. The molecule has 16 heavy (non-hydrogen) atoms. The van der Waals surface area contributed by atoms with Crippen molar-refractivity contribution in [1.82, 2.24) is 0 Å². The topological polar surface area (TPSA) is 29.5 Å². The highest BCUT2D eigenvalue weighted by Gasteiger charge is 2.26. The summed E-state index contributed by atoms with van der Waals surface area (Å²) in [7, 11) is 0. The molecule has 0 aliphatic carbocycles. The zero-order valence-electron chi connectivity index (χ0n) is 10.3. The van der Waals surface area contributed by atoms with Gasteiger partial charge < -0.3 is 9.84 Å². The molecule has 0 amide bonds. The van der Waals surface area contributed by atoms with Crippen molar-refractivity contribution in [2.45, 2.75) is 39.2 Å². The molecule has 2 rings (SSSR count). The van der Waals surface area contributed by atoms with Crippen LogP contribution in [0, 0.1) is 5.92 Å². The first-order valence-corrected chi connectivity index (χ1v) is 5.97. The first-order chi connectivity index (χ1) is 7.49. The molecule has 1 aromatic rings. The molecule has 0 aromatic heterocycles. The van der Waals surface area contributed by atoms with E-state index in [9.17, 15) is 5.11 Å². The Morgan fingerprint density at radius 2 is 2.19 bits per heavy atom. The van der Waals surface area contributed by atoms with E-state index in [2.05, 4.69) is 19.9 Å². The second-order valence-electron chi connectivity index (χ2n) is 5.29. The summed E-state index contributed by atoms with van der Waals surface area (Å²) in [5.41, 5.74) is 1.50. The smallest absolute Gasteiger partial charge is 0.122 e. The Labute approximate surface area is 97.3 Å².